The minimum Gasteiger partial charge on any atom is -0.377 e. The topological polar surface area (TPSA) is 58.5 Å². The van der Waals surface area contributed by atoms with E-state index in [0.29, 0.717) is 28.6 Å². The maximum Gasteiger partial charge on any atom is 0.191 e. The molecule has 0 bridgehead atoms. The molecule has 25 heavy (non-hydrogen) atoms. The summed E-state index contributed by atoms with van der Waals surface area (Å²) in [7, 11) is 0. The van der Waals surface area contributed by atoms with E-state index in [-0.39, 0.29) is 0 Å². The van der Waals surface area contributed by atoms with E-state index in [1.807, 2.05) is 18.3 Å². The highest BCUT2D eigenvalue weighted by atomic mass is 35.5. The average molecular weight is 363 g/mol. The molecule has 4 rings (SSSR count). The zero-order valence-corrected chi connectivity index (χ0v) is 15.6. The number of nitrogens with zero attached hydrogens (tertiary/aromatic N) is 2. The third-order valence-corrected chi connectivity index (χ3v) is 6.36. The number of ether oxygens (including phenoxy) is 1. The van der Waals surface area contributed by atoms with Gasteiger partial charge in [0.1, 0.15) is 5.15 Å². The Labute approximate surface area is 154 Å². The van der Waals surface area contributed by atoms with Crippen molar-refractivity contribution in [3.05, 3.63) is 29.0 Å². The highest BCUT2D eigenvalue weighted by molar-refractivity contribution is 6.29. The first-order valence-electron chi connectivity index (χ1n) is 9.50. The van der Waals surface area contributed by atoms with Gasteiger partial charge in [-0.3, -0.25) is 4.99 Å². The Hall–Kier alpha value is -1.33. The molecule has 0 aromatic carbocycles. The van der Waals surface area contributed by atoms with Crippen LogP contribution in [0.2, 0.25) is 5.15 Å². The number of rotatable bonds is 5. The molecule has 2 N–H and O–H groups in total. The van der Waals surface area contributed by atoms with Gasteiger partial charge in [-0.05, 0) is 44.2 Å². The van der Waals surface area contributed by atoms with E-state index in [1.54, 1.807) is 0 Å². The van der Waals surface area contributed by atoms with Gasteiger partial charge in [0, 0.05) is 43.3 Å². The van der Waals surface area contributed by atoms with E-state index < -0.39 is 0 Å². The fraction of sp³-hybridized carbons (Fsp3) is 0.684. The molecule has 136 valence electrons. The number of guanidine groups is 1. The van der Waals surface area contributed by atoms with Crippen LogP contribution >= 0.6 is 11.6 Å². The van der Waals surface area contributed by atoms with E-state index in [0.717, 1.165) is 37.6 Å². The maximum absolute atomic E-state index is 6.01. The Morgan fingerprint density at radius 2 is 2.32 bits per heavy atom. The van der Waals surface area contributed by atoms with Gasteiger partial charge >= 0.3 is 0 Å². The van der Waals surface area contributed by atoms with Gasteiger partial charge in [-0.15, -0.1) is 0 Å². The highest BCUT2D eigenvalue weighted by Crippen LogP contribution is 2.62. The predicted molar refractivity (Wildman–Crippen MR) is 100.0 cm³/mol. The van der Waals surface area contributed by atoms with Crippen LogP contribution in [0.25, 0.3) is 0 Å². The molecule has 3 aliphatic rings. The molecule has 0 radical (unpaired) electrons. The van der Waals surface area contributed by atoms with Crippen LogP contribution in [0.1, 0.15) is 38.2 Å². The molecule has 5 nitrogen and oxygen atoms in total. The monoisotopic (exact) mass is 362 g/mol. The first kappa shape index (κ1) is 17.1. The number of aliphatic imine (C=N–C) groups is 1. The fourth-order valence-corrected chi connectivity index (χ4v) is 4.89. The summed E-state index contributed by atoms with van der Waals surface area (Å²) in [4.78, 5) is 8.91. The van der Waals surface area contributed by atoms with Crippen molar-refractivity contribution < 1.29 is 4.74 Å². The Balaban J connectivity index is 1.38. The first-order chi connectivity index (χ1) is 12.2. The highest BCUT2D eigenvalue weighted by Gasteiger charge is 2.66. The number of aromatic nitrogens is 1. The lowest BCUT2D eigenvalue weighted by Crippen LogP contribution is -2.72. The van der Waals surface area contributed by atoms with Crippen LogP contribution < -0.4 is 10.6 Å². The predicted octanol–water partition coefficient (Wildman–Crippen LogP) is 2.79. The Morgan fingerprint density at radius 1 is 1.44 bits per heavy atom. The van der Waals surface area contributed by atoms with Crippen molar-refractivity contribution in [2.45, 2.75) is 51.2 Å². The van der Waals surface area contributed by atoms with E-state index >= 15 is 0 Å². The summed E-state index contributed by atoms with van der Waals surface area (Å²) >= 11 is 5.84. The van der Waals surface area contributed by atoms with Crippen molar-refractivity contribution in [3.63, 3.8) is 0 Å². The van der Waals surface area contributed by atoms with Gasteiger partial charge in [0.05, 0.1) is 6.10 Å². The first-order valence-corrected chi connectivity index (χ1v) is 9.87. The number of pyridine rings is 1. The van der Waals surface area contributed by atoms with Crippen molar-refractivity contribution in [1.82, 2.24) is 15.6 Å². The molecule has 3 atom stereocenters. The molecule has 2 saturated carbocycles. The minimum absolute atomic E-state index is 0.372. The number of hydrogen-bond acceptors (Lipinski definition) is 3. The molecule has 3 unspecified atom stereocenters. The van der Waals surface area contributed by atoms with Crippen molar-refractivity contribution in [1.29, 1.82) is 0 Å². The quantitative estimate of drug-likeness (QED) is 0.480. The molecule has 6 heteroatoms. The van der Waals surface area contributed by atoms with Crippen molar-refractivity contribution in [2.75, 3.05) is 19.7 Å². The van der Waals surface area contributed by atoms with Crippen LogP contribution in [0.15, 0.2) is 23.3 Å². The normalized spacial score (nSPS) is 29.7. The summed E-state index contributed by atoms with van der Waals surface area (Å²) in [6.45, 7) is 4.65. The molecule has 1 aromatic heterocycles. The molecule has 2 aliphatic carbocycles. The van der Waals surface area contributed by atoms with Crippen molar-refractivity contribution in [3.8, 4) is 0 Å². The summed E-state index contributed by atoms with van der Waals surface area (Å²) in [5.41, 5.74) is 1.53. The second kappa shape index (κ2) is 7.12. The summed E-state index contributed by atoms with van der Waals surface area (Å²) < 4.78 is 6.01. The van der Waals surface area contributed by atoms with Crippen molar-refractivity contribution in [2.24, 2.45) is 16.3 Å². The second-order valence-electron chi connectivity index (χ2n) is 7.45. The average Bonchev–Trinajstić information content (AvgIpc) is 2.98. The third kappa shape index (κ3) is 3.13. The third-order valence-electron chi connectivity index (χ3n) is 6.13. The van der Waals surface area contributed by atoms with Gasteiger partial charge in [0.15, 0.2) is 5.96 Å². The van der Waals surface area contributed by atoms with Crippen LogP contribution in [-0.2, 0) is 11.2 Å². The van der Waals surface area contributed by atoms with Gasteiger partial charge in [0.25, 0.3) is 0 Å². The number of nitrogens with one attached hydrogen (secondary N) is 2. The summed E-state index contributed by atoms with van der Waals surface area (Å²) in [5, 5.41) is 7.67. The summed E-state index contributed by atoms with van der Waals surface area (Å²) in [5.74, 6) is 1.59. The Bertz CT molecular complexity index is 629. The largest absolute Gasteiger partial charge is 0.377 e. The van der Waals surface area contributed by atoms with Crippen LogP contribution in [0.5, 0.6) is 0 Å². The summed E-state index contributed by atoms with van der Waals surface area (Å²) in [6.07, 6.45) is 8.28. The van der Waals surface area contributed by atoms with E-state index in [1.165, 1.54) is 25.7 Å². The van der Waals surface area contributed by atoms with Gasteiger partial charge in [-0.2, -0.15) is 0 Å². The van der Waals surface area contributed by atoms with Gasteiger partial charge in [-0.1, -0.05) is 24.1 Å². The van der Waals surface area contributed by atoms with Gasteiger partial charge < -0.3 is 15.4 Å². The standard InChI is InChI=1S/C19H27ClN4O/c1-2-21-18(22-10-6-13-4-5-15(20)23-12-13)24-16-14-7-11-25-17(14)19(16)8-3-9-19/h4-5,12,14,16-17H,2-3,6-11H2,1H3,(H2,21,22,24). The SMILES string of the molecule is CCNC(=NCCc1ccc(Cl)nc1)NC1C2CCOC2C12CCC2. The van der Waals surface area contributed by atoms with Gasteiger partial charge in [0.2, 0.25) is 0 Å². The number of halogens is 1. The number of hydrogen-bond donors (Lipinski definition) is 2. The molecular weight excluding hydrogens is 336 g/mol. The van der Waals surface area contributed by atoms with E-state index in [4.69, 9.17) is 21.3 Å². The van der Waals surface area contributed by atoms with E-state index in [2.05, 4.69) is 22.5 Å². The maximum atomic E-state index is 6.01. The second-order valence-corrected chi connectivity index (χ2v) is 7.84. The van der Waals surface area contributed by atoms with Crippen LogP contribution in [-0.4, -0.2) is 42.8 Å². The Kier molecular flexibility index (Phi) is 4.87. The molecule has 1 saturated heterocycles. The Morgan fingerprint density at radius 3 is 3.00 bits per heavy atom. The molecule has 1 aromatic rings. The zero-order chi connectivity index (χ0) is 17.3. The van der Waals surface area contributed by atoms with Crippen molar-refractivity contribution >= 4 is 17.6 Å². The lowest BCUT2D eigenvalue weighted by atomic mass is 9.46. The zero-order valence-electron chi connectivity index (χ0n) is 14.8. The lowest BCUT2D eigenvalue weighted by Gasteiger charge is -2.63. The van der Waals surface area contributed by atoms with Gasteiger partial charge in [-0.25, -0.2) is 4.98 Å². The van der Waals surface area contributed by atoms with E-state index in [9.17, 15) is 0 Å². The number of fused-ring (bicyclic) bond motifs is 2. The summed E-state index contributed by atoms with van der Waals surface area (Å²) in [6, 6.07) is 4.36. The fourth-order valence-electron chi connectivity index (χ4n) is 4.77. The molecule has 1 aliphatic heterocycles. The molecular formula is C19H27ClN4O. The molecule has 3 fully saturated rings. The molecule has 2 heterocycles. The smallest absolute Gasteiger partial charge is 0.191 e. The van der Waals surface area contributed by atoms with Crippen LogP contribution in [0, 0.1) is 11.3 Å². The van der Waals surface area contributed by atoms with Crippen LogP contribution in [0.4, 0.5) is 0 Å². The minimum atomic E-state index is 0.372. The van der Waals surface area contributed by atoms with Crippen LogP contribution in [0.3, 0.4) is 0 Å². The lowest BCUT2D eigenvalue weighted by molar-refractivity contribution is -0.171. The molecule has 1 spiro atoms. The molecule has 0 amide bonds.